The smallest absolute Gasteiger partial charge is 0.264 e. The first-order valence-corrected chi connectivity index (χ1v) is 6.42. The van der Waals surface area contributed by atoms with E-state index in [9.17, 15) is 0 Å². The van der Waals surface area contributed by atoms with E-state index in [1.54, 1.807) is 0 Å². The average molecular weight is 290 g/mol. The van der Waals surface area contributed by atoms with Gasteiger partial charge >= 0.3 is 0 Å². The molecule has 0 spiro atoms. The second-order valence-electron chi connectivity index (χ2n) is 3.84. The topological polar surface area (TPSA) is 121 Å². The van der Waals surface area contributed by atoms with Crippen molar-refractivity contribution in [2.24, 2.45) is 0 Å². The van der Waals surface area contributed by atoms with Gasteiger partial charge in [0.2, 0.25) is 11.1 Å². The first-order chi connectivity index (χ1) is 9.61. The van der Waals surface area contributed by atoms with Crippen LogP contribution in [0.3, 0.4) is 0 Å². The molecule has 0 amide bonds. The average Bonchev–Trinajstić information content (AvgIpc) is 3.00. The van der Waals surface area contributed by atoms with Gasteiger partial charge in [0, 0.05) is 11.8 Å². The second-order valence-corrected chi connectivity index (χ2v) is 4.76. The van der Waals surface area contributed by atoms with Crippen LogP contribution in [0.1, 0.15) is 11.5 Å². The summed E-state index contributed by atoms with van der Waals surface area (Å²) in [5.74, 6) is 1.14. The summed E-state index contributed by atoms with van der Waals surface area (Å²) < 4.78 is 6.86. The van der Waals surface area contributed by atoms with Gasteiger partial charge in [-0.25, -0.2) is 9.97 Å². The zero-order chi connectivity index (χ0) is 14.1. The van der Waals surface area contributed by atoms with Crippen LogP contribution in [0, 0.1) is 13.8 Å². The Morgan fingerprint density at radius 2 is 2.05 bits per heavy atom. The van der Waals surface area contributed by atoms with Crippen molar-refractivity contribution >= 4 is 17.7 Å². The Kier molecular flexibility index (Phi) is 3.06. The van der Waals surface area contributed by atoms with Crippen molar-refractivity contribution in [2.75, 3.05) is 5.73 Å². The molecule has 0 atom stereocenters. The zero-order valence-corrected chi connectivity index (χ0v) is 11.5. The van der Waals surface area contributed by atoms with E-state index in [0.717, 1.165) is 11.5 Å². The molecule has 3 rings (SSSR count). The van der Waals surface area contributed by atoms with Crippen LogP contribution in [-0.4, -0.2) is 34.7 Å². The predicted octanol–water partition coefficient (Wildman–Crippen LogP) is 0.791. The molecule has 9 nitrogen and oxygen atoms in total. The maximum absolute atomic E-state index is 5.67. The molecular formula is C10H10N8OS. The van der Waals surface area contributed by atoms with E-state index in [1.165, 1.54) is 29.1 Å². The normalized spacial score (nSPS) is 10.9. The second kappa shape index (κ2) is 4.89. The summed E-state index contributed by atoms with van der Waals surface area (Å²) in [7, 11) is 0. The monoisotopic (exact) mass is 290 g/mol. The number of nitrogens with zero attached hydrogens (tertiary/aromatic N) is 7. The summed E-state index contributed by atoms with van der Waals surface area (Å²) >= 11 is 1.17. The van der Waals surface area contributed by atoms with Gasteiger partial charge in [-0.1, -0.05) is 0 Å². The summed E-state index contributed by atoms with van der Waals surface area (Å²) in [6, 6.07) is 0. The molecule has 0 saturated heterocycles. The number of rotatable bonds is 3. The lowest BCUT2D eigenvalue weighted by molar-refractivity contribution is 0.430. The van der Waals surface area contributed by atoms with Crippen molar-refractivity contribution in [1.82, 2.24) is 34.7 Å². The molecule has 0 unspecified atom stereocenters. The summed E-state index contributed by atoms with van der Waals surface area (Å²) in [5, 5.41) is 4.78. The van der Waals surface area contributed by atoms with Crippen molar-refractivity contribution in [2.45, 2.75) is 24.2 Å². The molecule has 0 aliphatic heterocycles. The molecule has 0 radical (unpaired) electrons. The van der Waals surface area contributed by atoms with Crippen molar-refractivity contribution < 1.29 is 4.42 Å². The lowest BCUT2D eigenvalue weighted by atomic mass is 10.4. The maximum Gasteiger partial charge on any atom is 0.264 e. The number of nitrogen functional groups attached to an aromatic ring is 1. The highest BCUT2D eigenvalue weighted by Gasteiger charge is 2.12. The molecule has 10 heteroatoms. The Hall–Kier alpha value is -2.49. The van der Waals surface area contributed by atoms with Gasteiger partial charge in [0.15, 0.2) is 0 Å². The molecule has 3 aromatic rings. The number of hydrogen-bond acceptors (Lipinski definition) is 9. The number of hydrogen-bond donors (Lipinski definition) is 1. The Bertz CT molecular complexity index is 718. The summed E-state index contributed by atoms with van der Waals surface area (Å²) in [5.41, 5.74) is 6.49. The third-order valence-electron chi connectivity index (χ3n) is 2.43. The SMILES string of the molecule is Cc1nc(Sc2nc(N)nc(-n3cncn3)n2)oc1C. The number of anilines is 1. The summed E-state index contributed by atoms with van der Waals surface area (Å²) in [4.78, 5) is 20.3. The molecule has 20 heavy (non-hydrogen) atoms. The molecular weight excluding hydrogens is 280 g/mol. The minimum atomic E-state index is 0.0907. The molecule has 0 aliphatic carbocycles. The molecule has 0 saturated carbocycles. The van der Waals surface area contributed by atoms with Gasteiger partial charge in [0.25, 0.3) is 11.2 Å². The molecule has 2 N–H and O–H groups in total. The number of nitrogens with two attached hydrogens (primary N) is 1. The molecule has 0 aliphatic rings. The van der Waals surface area contributed by atoms with Gasteiger partial charge in [-0.2, -0.15) is 24.7 Å². The van der Waals surface area contributed by atoms with E-state index >= 15 is 0 Å². The standard InChI is InChI=1S/C10H10N8OS/c1-5-6(2)19-10(14-5)20-9-16-7(11)15-8(17-9)18-4-12-3-13-18/h3-4H,1-2H3,(H2,11,15,16,17). The van der Waals surface area contributed by atoms with Gasteiger partial charge in [-0.05, 0) is 13.8 Å². The number of oxazole rings is 1. The van der Waals surface area contributed by atoms with Gasteiger partial charge in [0.1, 0.15) is 18.4 Å². The van der Waals surface area contributed by atoms with Crippen molar-refractivity contribution in [1.29, 1.82) is 0 Å². The van der Waals surface area contributed by atoms with Crippen LogP contribution < -0.4 is 5.73 Å². The van der Waals surface area contributed by atoms with Gasteiger partial charge in [-0.15, -0.1) is 0 Å². The largest absolute Gasteiger partial charge is 0.436 e. The molecule has 3 heterocycles. The van der Waals surface area contributed by atoms with E-state index in [0.29, 0.717) is 10.4 Å². The lowest BCUT2D eigenvalue weighted by Crippen LogP contribution is -2.07. The van der Waals surface area contributed by atoms with E-state index in [4.69, 9.17) is 10.2 Å². The van der Waals surface area contributed by atoms with Crippen molar-refractivity contribution in [3.05, 3.63) is 24.1 Å². The van der Waals surface area contributed by atoms with Crippen LogP contribution in [0.15, 0.2) is 27.5 Å². The van der Waals surface area contributed by atoms with Crippen LogP contribution in [0.2, 0.25) is 0 Å². The minimum Gasteiger partial charge on any atom is -0.436 e. The van der Waals surface area contributed by atoms with E-state index in [-0.39, 0.29) is 11.9 Å². The van der Waals surface area contributed by atoms with Crippen LogP contribution >= 0.6 is 11.8 Å². The predicted molar refractivity (Wildman–Crippen MR) is 69.3 cm³/mol. The van der Waals surface area contributed by atoms with E-state index < -0.39 is 0 Å². The first kappa shape index (κ1) is 12.5. The highest BCUT2D eigenvalue weighted by atomic mass is 32.2. The third-order valence-corrected chi connectivity index (χ3v) is 3.15. The molecule has 0 fully saturated rings. The maximum atomic E-state index is 5.67. The van der Waals surface area contributed by atoms with E-state index in [2.05, 4.69) is 30.0 Å². The fourth-order valence-corrected chi connectivity index (χ4v) is 2.16. The minimum absolute atomic E-state index is 0.0907. The van der Waals surface area contributed by atoms with Crippen molar-refractivity contribution in [3.63, 3.8) is 0 Å². The highest BCUT2D eigenvalue weighted by molar-refractivity contribution is 7.98. The molecule has 3 aromatic heterocycles. The number of aromatic nitrogens is 7. The number of aryl methyl sites for hydroxylation is 2. The van der Waals surface area contributed by atoms with Crippen LogP contribution in [0.4, 0.5) is 5.95 Å². The van der Waals surface area contributed by atoms with Crippen LogP contribution in [0.25, 0.3) is 5.95 Å². The summed E-state index contributed by atoms with van der Waals surface area (Å²) in [6.07, 6.45) is 2.86. The molecule has 0 bridgehead atoms. The summed E-state index contributed by atoms with van der Waals surface area (Å²) in [6.45, 7) is 3.71. The Morgan fingerprint density at radius 3 is 2.70 bits per heavy atom. The zero-order valence-electron chi connectivity index (χ0n) is 10.7. The lowest BCUT2D eigenvalue weighted by Gasteiger charge is -2.01. The van der Waals surface area contributed by atoms with Gasteiger partial charge in [-0.3, -0.25) is 0 Å². The fourth-order valence-electron chi connectivity index (χ4n) is 1.39. The Balaban J connectivity index is 1.94. The van der Waals surface area contributed by atoms with Crippen LogP contribution in [0.5, 0.6) is 0 Å². The van der Waals surface area contributed by atoms with Gasteiger partial charge < -0.3 is 10.2 Å². The van der Waals surface area contributed by atoms with Crippen molar-refractivity contribution in [3.8, 4) is 5.95 Å². The molecule has 102 valence electrons. The third kappa shape index (κ3) is 2.45. The Morgan fingerprint density at radius 1 is 1.20 bits per heavy atom. The quantitative estimate of drug-likeness (QED) is 0.745. The molecule has 0 aromatic carbocycles. The van der Waals surface area contributed by atoms with Crippen LogP contribution in [-0.2, 0) is 0 Å². The Labute approximate surface area is 117 Å². The van der Waals surface area contributed by atoms with Gasteiger partial charge in [0.05, 0.1) is 5.69 Å². The van der Waals surface area contributed by atoms with E-state index in [1.807, 2.05) is 13.8 Å². The fraction of sp³-hybridized carbons (Fsp3) is 0.200. The highest BCUT2D eigenvalue weighted by Crippen LogP contribution is 2.26. The first-order valence-electron chi connectivity index (χ1n) is 5.60.